The van der Waals surface area contributed by atoms with E-state index < -0.39 is 5.97 Å². The Kier molecular flexibility index (Phi) is 3.78. The molecule has 0 heterocycles. The van der Waals surface area contributed by atoms with Crippen molar-refractivity contribution in [3.8, 4) is 23.5 Å². The second-order valence-electron chi connectivity index (χ2n) is 3.72. The second-order valence-corrected chi connectivity index (χ2v) is 3.72. The Hall–Kier alpha value is -2.53. The quantitative estimate of drug-likeness (QED) is 0.604. The molecule has 88 valence electrons. The van der Waals surface area contributed by atoms with Crippen molar-refractivity contribution in [2.75, 3.05) is 6.61 Å². The Balaban J connectivity index is 2.16. The summed E-state index contributed by atoms with van der Waals surface area (Å²) in [5.41, 5.74) is 2.68. The highest BCUT2D eigenvalue weighted by atomic mass is 16.5. The van der Waals surface area contributed by atoms with Crippen molar-refractivity contribution < 1.29 is 9.53 Å². The van der Waals surface area contributed by atoms with Crippen LogP contribution in [0.4, 0.5) is 0 Å². The summed E-state index contributed by atoms with van der Waals surface area (Å²) >= 11 is 0. The molecule has 0 unspecified atom stereocenters. The topological polar surface area (TPSA) is 26.3 Å². The van der Waals surface area contributed by atoms with Gasteiger partial charge in [-0.05, 0) is 23.3 Å². The van der Waals surface area contributed by atoms with Crippen LogP contribution in [0.1, 0.15) is 10.4 Å². The fourth-order valence-electron chi connectivity index (χ4n) is 1.62. The van der Waals surface area contributed by atoms with Gasteiger partial charge in [0.25, 0.3) is 0 Å². The van der Waals surface area contributed by atoms with Crippen LogP contribution >= 0.6 is 0 Å². The number of rotatable bonds is 3. The van der Waals surface area contributed by atoms with Crippen LogP contribution in [0.15, 0.2) is 54.6 Å². The fraction of sp³-hybridized carbons (Fsp3) is 0.0625. The predicted molar refractivity (Wildman–Crippen MR) is 71.0 cm³/mol. The highest BCUT2D eigenvalue weighted by Gasteiger charge is 2.06. The van der Waals surface area contributed by atoms with E-state index in [1.807, 2.05) is 42.5 Å². The Morgan fingerprint density at radius 2 is 1.61 bits per heavy atom. The molecule has 2 heteroatoms. The molecule has 0 aliphatic heterocycles. The highest BCUT2D eigenvalue weighted by molar-refractivity contribution is 5.90. The normalized spacial score (nSPS) is 9.50. The molecule has 2 rings (SSSR count). The summed E-state index contributed by atoms with van der Waals surface area (Å²) in [6, 6.07) is 17.2. The molecule has 0 saturated carbocycles. The van der Waals surface area contributed by atoms with Gasteiger partial charge in [0.15, 0.2) is 6.61 Å². The minimum Gasteiger partial charge on any atom is -0.449 e. The maximum absolute atomic E-state index is 11.5. The monoisotopic (exact) mass is 236 g/mol. The first-order valence-electron chi connectivity index (χ1n) is 5.57. The molecule has 0 fully saturated rings. The van der Waals surface area contributed by atoms with Crippen LogP contribution in [0.3, 0.4) is 0 Å². The first kappa shape index (κ1) is 11.9. The number of esters is 1. The molecule has 2 nitrogen and oxygen atoms in total. The maximum atomic E-state index is 11.5. The summed E-state index contributed by atoms with van der Waals surface area (Å²) in [4.78, 5) is 11.5. The van der Waals surface area contributed by atoms with Crippen molar-refractivity contribution in [2.45, 2.75) is 0 Å². The van der Waals surface area contributed by atoms with E-state index in [2.05, 4.69) is 5.92 Å². The molecule has 18 heavy (non-hydrogen) atoms. The van der Waals surface area contributed by atoms with Crippen LogP contribution in [0, 0.1) is 12.3 Å². The van der Waals surface area contributed by atoms with Crippen molar-refractivity contribution in [2.24, 2.45) is 0 Å². The first-order valence-corrected chi connectivity index (χ1v) is 5.57. The third kappa shape index (κ3) is 2.78. The van der Waals surface area contributed by atoms with Crippen LogP contribution in [-0.4, -0.2) is 12.6 Å². The lowest BCUT2D eigenvalue weighted by Crippen LogP contribution is -2.04. The lowest BCUT2D eigenvalue weighted by molar-refractivity contribution is 0.0557. The van der Waals surface area contributed by atoms with E-state index in [0.29, 0.717) is 5.56 Å². The Labute approximate surface area is 106 Å². The molecule has 2 aromatic rings. The average Bonchev–Trinajstić information content (AvgIpc) is 2.46. The van der Waals surface area contributed by atoms with Crippen molar-refractivity contribution in [1.82, 2.24) is 0 Å². The van der Waals surface area contributed by atoms with E-state index >= 15 is 0 Å². The molecular formula is C16H12O2. The van der Waals surface area contributed by atoms with Crippen LogP contribution in [0.25, 0.3) is 11.1 Å². The van der Waals surface area contributed by atoms with Crippen molar-refractivity contribution >= 4 is 5.97 Å². The summed E-state index contributed by atoms with van der Waals surface area (Å²) in [6.07, 6.45) is 5.03. The molecule has 0 aliphatic rings. The molecular weight excluding hydrogens is 224 g/mol. The van der Waals surface area contributed by atoms with Crippen LogP contribution in [0.2, 0.25) is 0 Å². The van der Waals surface area contributed by atoms with Gasteiger partial charge in [0.2, 0.25) is 0 Å². The number of hydrogen-bond donors (Lipinski definition) is 0. The fourth-order valence-corrected chi connectivity index (χ4v) is 1.62. The van der Waals surface area contributed by atoms with E-state index in [0.717, 1.165) is 11.1 Å². The number of terminal acetylenes is 1. The zero-order valence-corrected chi connectivity index (χ0v) is 9.80. The minimum atomic E-state index is -0.396. The van der Waals surface area contributed by atoms with E-state index in [1.54, 1.807) is 12.1 Å². The zero-order valence-electron chi connectivity index (χ0n) is 9.80. The molecule has 0 bridgehead atoms. The summed E-state index contributed by atoms with van der Waals surface area (Å²) in [7, 11) is 0. The lowest BCUT2D eigenvalue weighted by atomic mass is 10.0. The van der Waals surface area contributed by atoms with Crippen molar-refractivity contribution in [1.29, 1.82) is 0 Å². The summed E-state index contributed by atoms with van der Waals surface area (Å²) in [6.45, 7) is -0.000724. The summed E-state index contributed by atoms with van der Waals surface area (Å²) < 4.78 is 4.85. The van der Waals surface area contributed by atoms with Crippen molar-refractivity contribution in [3.63, 3.8) is 0 Å². The zero-order chi connectivity index (χ0) is 12.8. The van der Waals surface area contributed by atoms with Gasteiger partial charge < -0.3 is 4.74 Å². The van der Waals surface area contributed by atoms with Gasteiger partial charge in [-0.15, -0.1) is 6.42 Å². The number of hydrogen-bond acceptors (Lipinski definition) is 2. The molecule has 0 saturated heterocycles. The molecule has 0 radical (unpaired) electrons. The van der Waals surface area contributed by atoms with E-state index in [-0.39, 0.29) is 6.61 Å². The smallest absolute Gasteiger partial charge is 0.339 e. The van der Waals surface area contributed by atoms with Gasteiger partial charge in [-0.2, -0.15) is 0 Å². The Morgan fingerprint density at radius 3 is 2.22 bits per heavy atom. The highest BCUT2D eigenvalue weighted by Crippen LogP contribution is 2.19. The first-order chi connectivity index (χ1) is 8.81. The predicted octanol–water partition coefficient (Wildman–Crippen LogP) is 3.14. The van der Waals surface area contributed by atoms with Gasteiger partial charge in [0.1, 0.15) is 0 Å². The van der Waals surface area contributed by atoms with Crippen LogP contribution in [0.5, 0.6) is 0 Å². The number of carbonyl (C=O) groups is 1. The molecule has 0 N–H and O–H groups in total. The average molecular weight is 236 g/mol. The molecule has 0 aromatic heterocycles. The SMILES string of the molecule is C#CCOC(=O)c1ccc(-c2ccccc2)cc1. The number of ether oxygens (including phenoxy) is 1. The number of carbonyl (C=O) groups excluding carboxylic acids is 1. The van der Waals surface area contributed by atoms with E-state index in [9.17, 15) is 4.79 Å². The summed E-state index contributed by atoms with van der Waals surface area (Å²) in [5, 5.41) is 0. The van der Waals surface area contributed by atoms with Crippen molar-refractivity contribution in [3.05, 3.63) is 60.2 Å². The van der Waals surface area contributed by atoms with Crippen LogP contribution < -0.4 is 0 Å². The molecule has 2 aromatic carbocycles. The maximum Gasteiger partial charge on any atom is 0.339 e. The van der Waals surface area contributed by atoms with Gasteiger partial charge in [0, 0.05) is 0 Å². The van der Waals surface area contributed by atoms with Gasteiger partial charge in [0.05, 0.1) is 5.56 Å². The molecule has 0 amide bonds. The lowest BCUT2D eigenvalue weighted by Gasteiger charge is -2.04. The number of benzene rings is 2. The minimum absolute atomic E-state index is 0.000724. The Bertz CT molecular complexity index is 562. The van der Waals surface area contributed by atoms with Gasteiger partial charge >= 0.3 is 5.97 Å². The van der Waals surface area contributed by atoms with E-state index in [4.69, 9.17) is 11.2 Å². The third-order valence-corrected chi connectivity index (χ3v) is 2.51. The molecule has 0 aliphatic carbocycles. The standard InChI is InChI=1S/C16H12O2/c1-2-12-18-16(17)15-10-8-14(9-11-15)13-6-4-3-5-7-13/h1,3-11H,12H2. The molecule has 0 spiro atoms. The Morgan fingerprint density at radius 1 is 1.00 bits per heavy atom. The summed E-state index contributed by atoms with van der Waals surface area (Å²) in [5.74, 6) is 1.87. The second kappa shape index (κ2) is 5.70. The van der Waals surface area contributed by atoms with Gasteiger partial charge in [-0.3, -0.25) is 0 Å². The van der Waals surface area contributed by atoms with Gasteiger partial charge in [-0.1, -0.05) is 48.4 Å². The largest absolute Gasteiger partial charge is 0.449 e. The molecule has 0 atom stereocenters. The van der Waals surface area contributed by atoms with Gasteiger partial charge in [-0.25, -0.2) is 4.79 Å². The third-order valence-electron chi connectivity index (χ3n) is 2.51. The van der Waals surface area contributed by atoms with Crippen LogP contribution in [-0.2, 0) is 4.74 Å². The van der Waals surface area contributed by atoms with E-state index in [1.165, 1.54) is 0 Å².